The predicted octanol–water partition coefficient (Wildman–Crippen LogP) is 3.60. The van der Waals surface area contributed by atoms with Gasteiger partial charge in [-0.05, 0) is 5.56 Å². The van der Waals surface area contributed by atoms with E-state index in [9.17, 15) is 0 Å². The van der Waals surface area contributed by atoms with E-state index >= 15 is 0 Å². The molecule has 1 rings (SSSR count). The normalized spacial score (nSPS) is 10.1. The fraction of sp³-hybridized carbons (Fsp3) is 0.286. The second kappa shape index (κ2) is 6.62. The summed E-state index contributed by atoms with van der Waals surface area (Å²) in [6, 6.07) is 8.08. The molecule has 2 nitrogen and oxygen atoms in total. The average Bonchev–Trinajstić information content (AvgIpc) is 2.34. The van der Waals surface area contributed by atoms with Crippen molar-refractivity contribution < 1.29 is 4.74 Å². The van der Waals surface area contributed by atoms with Gasteiger partial charge in [-0.3, -0.25) is 0 Å². The van der Waals surface area contributed by atoms with E-state index in [0.717, 1.165) is 27.9 Å². The number of benzene rings is 1. The topological polar surface area (TPSA) is 12.5 Å². The van der Waals surface area contributed by atoms with E-state index in [1.165, 1.54) is 0 Å². The molecule has 0 bridgehead atoms. The number of rotatable bonds is 6. The molecule has 3 heteroatoms. The number of halogens is 1. The van der Waals surface area contributed by atoms with Crippen molar-refractivity contribution in [3.05, 3.63) is 48.6 Å². The number of likely N-dealkylation sites (N-methyl/N-ethyl adjacent to an activating group) is 1. The van der Waals surface area contributed by atoms with Gasteiger partial charge in [-0.2, -0.15) is 0 Å². The fourth-order valence-corrected chi connectivity index (χ4v) is 1.89. The third kappa shape index (κ3) is 3.72. The van der Waals surface area contributed by atoms with E-state index in [0.29, 0.717) is 6.61 Å². The minimum absolute atomic E-state index is 0.687. The average molecular weight is 296 g/mol. The molecule has 0 aliphatic carbocycles. The summed E-state index contributed by atoms with van der Waals surface area (Å²) in [5.74, 6) is 0. The highest BCUT2D eigenvalue weighted by Crippen LogP contribution is 2.28. The Kier molecular flexibility index (Phi) is 5.45. The second-order valence-corrected chi connectivity index (χ2v) is 4.77. The first kappa shape index (κ1) is 14.0. The monoisotopic (exact) mass is 295 g/mol. The van der Waals surface area contributed by atoms with Crippen LogP contribution in [0.15, 0.2) is 37.4 Å². The lowest BCUT2D eigenvalue weighted by molar-refractivity contribution is 0.180. The Labute approximate surface area is 112 Å². The molecule has 0 heterocycles. The van der Waals surface area contributed by atoms with Gasteiger partial charge in [0, 0.05) is 36.4 Å². The first-order valence-electron chi connectivity index (χ1n) is 5.41. The van der Waals surface area contributed by atoms with Crippen LogP contribution in [0.3, 0.4) is 0 Å². The Morgan fingerprint density at radius 3 is 2.41 bits per heavy atom. The van der Waals surface area contributed by atoms with Crippen LogP contribution in [-0.2, 0) is 4.74 Å². The van der Waals surface area contributed by atoms with Crippen molar-refractivity contribution in [1.29, 1.82) is 0 Å². The Bertz CT molecular complexity index is 414. The van der Waals surface area contributed by atoms with Gasteiger partial charge in [0.25, 0.3) is 0 Å². The highest BCUT2D eigenvalue weighted by molar-refractivity contribution is 9.15. The first-order valence-corrected chi connectivity index (χ1v) is 6.20. The van der Waals surface area contributed by atoms with Gasteiger partial charge >= 0.3 is 0 Å². The summed E-state index contributed by atoms with van der Waals surface area (Å²) < 4.78 is 5.94. The van der Waals surface area contributed by atoms with E-state index < -0.39 is 0 Å². The van der Waals surface area contributed by atoms with Gasteiger partial charge in [0.2, 0.25) is 0 Å². The number of hydrogen-bond donors (Lipinski definition) is 0. The highest BCUT2D eigenvalue weighted by Gasteiger charge is 2.10. The van der Waals surface area contributed by atoms with Crippen LogP contribution in [0.25, 0.3) is 10.2 Å². The Balaban J connectivity index is 2.92. The largest absolute Gasteiger partial charge is 0.383 e. The molecule has 0 aliphatic heterocycles. The smallest absolute Gasteiger partial charge is 0.0637 e. The first-order chi connectivity index (χ1) is 8.07. The van der Waals surface area contributed by atoms with Crippen LogP contribution in [0.5, 0.6) is 0 Å². The maximum atomic E-state index is 5.07. The molecule has 0 radical (unpaired) electrons. The summed E-state index contributed by atoms with van der Waals surface area (Å²) in [5, 5.41) is 0. The maximum absolute atomic E-state index is 5.07. The van der Waals surface area contributed by atoms with Gasteiger partial charge < -0.3 is 9.64 Å². The number of hydrogen-bond acceptors (Lipinski definition) is 2. The summed E-state index contributed by atoms with van der Waals surface area (Å²) >= 11 is 3.42. The van der Waals surface area contributed by atoms with Crippen LogP contribution >= 0.6 is 15.9 Å². The molecule has 92 valence electrons. The molecular weight excluding hydrogens is 278 g/mol. The predicted molar refractivity (Wildman–Crippen MR) is 77.9 cm³/mol. The van der Waals surface area contributed by atoms with E-state index in [2.05, 4.69) is 34.0 Å². The lowest BCUT2D eigenvalue weighted by Gasteiger charge is -2.23. The molecule has 0 spiro atoms. The van der Waals surface area contributed by atoms with E-state index in [4.69, 9.17) is 4.74 Å². The summed E-state index contributed by atoms with van der Waals surface area (Å²) in [5.41, 5.74) is 3.13. The SMILES string of the molecule is C=C(Br)c1ccccc1C(=C)N(C)CCOC. The molecule has 0 saturated heterocycles. The number of ether oxygens (including phenoxy) is 1. The Morgan fingerprint density at radius 1 is 1.29 bits per heavy atom. The van der Waals surface area contributed by atoms with Crippen LogP contribution in [0.1, 0.15) is 11.1 Å². The van der Waals surface area contributed by atoms with Gasteiger partial charge in [-0.25, -0.2) is 0 Å². The van der Waals surface area contributed by atoms with Crippen molar-refractivity contribution in [2.75, 3.05) is 27.3 Å². The molecule has 0 aliphatic rings. The molecule has 1 aromatic rings. The molecule has 0 fully saturated rings. The van der Waals surface area contributed by atoms with Crippen LogP contribution in [0.2, 0.25) is 0 Å². The lowest BCUT2D eigenvalue weighted by Crippen LogP contribution is -2.21. The zero-order chi connectivity index (χ0) is 12.8. The minimum atomic E-state index is 0.687. The van der Waals surface area contributed by atoms with E-state index in [1.54, 1.807) is 7.11 Å². The quantitative estimate of drug-likeness (QED) is 0.795. The molecule has 0 unspecified atom stereocenters. The van der Waals surface area contributed by atoms with Crippen molar-refractivity contribution in [3.8, 4) is 0 Å². The van der Waals surface area contributed by atoms with Crippen LogP contribution in [0, 0.1) is 0 Å². The van der Waals surface area contributed by atoms with Crippen molar-refractivity contribution in [1.82, 2.24) is 4.90 Å². The molecule has 0 amide bonds. The third-order valence-electron chi connectivity index (χ3n) is 2.62. The van der Waals surface area contributed by atoms with E-state index in [1.807, 2.05) is 31.3 Å². The molecule has 17 heavy (non-hydrogen) atoms. The van der Waals surface area contributed by atoms with Gasteiger partial charge in [0.05, 0.1) is 6.61 Å². The van der Waals surface area contributed by atoms with Crippen molar-refractivity contribution >= 4 is 26.1 Å². The zero-order valence-corrected chi connectivity index (χ0v) is 12.0. The molecular formula is C14H18BrNO. The van der Waals surface area contributed by atoms with Gasteiger partial charge in [0.1, 0.15) is 0 Å². The maximum Gasteiger partial charge on any atom is 0.0637 e. The number of methoxy groups -OCH3 is 1. The van der Waals surface area contributed by atoms with Crippen molar-refractivity contribution in [2.24, 2.45) is 0 Å². The Morgan fingerprint density at radius 2 is 1.88 bits per heavy atom. The summed E-state index contributed by atoms with van der Waals surface area (Å²) in [4.78, 5) is 2.08. The lowest BCUT2D eigenvalue weighted by atomic mass is 10.0. The zero-order valence-electron chi connectivity index (χ0n) is 10.4. The van der Waals surface area contributed by atoms with Gasteiger partial charge in [-0.15, -0.1) is 0 Å². The molecule has 1 aromatic carbocycles. The summed E-state index contributed by atoms with van der Waals surface area (Å²) in [7, 11) is 3.71. The standard InChI is InChI=1S/C14H18BrNO/c1-11(15)13-7-5-6-8-14(13)12(2)16(3)9-10-17-4/h5-8H,1-2,9-10H2,3-4H3. The summed E-state index contributed by atoms with van der Waals surface area (Å²) in [6.07, 6.45) is 0. The highest BCUT2D eigenvalue weighted by atomic mass is 79.9. The second-order valence-electron chi connectivity index (χ2n) is 3.81. The minimum Gasteiger partial charge on any atom is -0.383 e. The fourth-order valence-electron chi connectivity index (χ4n) is 1.54. The summed E-state index contributed by atoms with van der Waals surface area (Å²) in [6.45, 7) is 9.56. The number of nitrogens with zero attached hydrogens (tertiary/aromatic N) is 1. The van der Waals surface area contributed by atoms with E-state index in [-0.39, 0.29) is 0 Å². The van der Waals surface area contributed by atoms with Crippen LogP contribution in [-0.4, -0.2) is 32.2 Å². The van der Waals surface area contributed by atoms with Crippen molar-refractivity contribution in [2.45, 2.75) is 0 Å². The molecule has 0 saturated carbocycles. The van der Waals surface area contributed by atoms with Gasteiger partial charge in [-0.1, -0.05) is 53.4 Å². The molecule has 0 aromatic heterocycles. The Hall–Kier alpha value is -1.06. The molecule has 0 N–H and O–H groups in total. The third-order valence-corrected chi connectivity index (χ3v) is 3.05. The van der Waals surface area contributed by atoms with Crippen LogP contribution in [0.4, 0.5) is 0 Å². The van der Waals surface area contributed by atoms with Gasteiger partial charge in [0.15, 0.2) is 0 Å². The molecule has 0 atom stereocenters. The van der Waals surface area contributed by atoms with Crippen LogP contribution < -0.4 is 0 Å². The van der Waals surface area contributed by atoms with Crippen molar-refractivity contribution in [3.63, 3.8) is 0 Å².